The van der Waals surface area contributed by atoms with Crippen LogP contribution in [-0.4, -0.2) is 29.9 Å². The number of hydrogen-bond acceptors (Lipinski definition) is 2. The summed E-state index contributed by atoms with van der Waals surface area (Å²) >= 11 is 0. The predicted molar refractivity (Wildman–Crippen MR) is 120 cm³/mol. The van der Waals surface area contributed by atoms with E-state index in [4.69, 9.17) is 0 Å². The third-order valence-corrected chi connectivity index (χ3v) is 5.47. The largest absolute Gasteiger partial charge is 0.416 e. The molecule has 1 aliphatic heterocycles. The number of nitrogens with one attached hydrogen (secondary N) is 1. The first-order valence-electron chi connectivity index (χ1n) is 10.7. The average molecular weight is 489 g/mol. The van der Waals surface area contributed by atoms with E-state index < -0.39 is 29.3 Å². The number of rotatable bonds is 5. The van der Waals surface area contributed by atoms with Crippen LogP contribution in [0.3, 0.4) is 0 Å². The number of hydrogen-bond donors (Lipinski definition) is 1. The molecule has 0 spiro atoms. The van der Waals surface area contributed by atoms with Crippen LogP contribution in [-0.2, 0) is 12.7 Å². The van der Waals surface area contributed by atoms with Gasteiger partial charge in [-0.2, -0.15) is 13.2 Å². The number of anilines is 2. The van der Waals surface area contributed by atoms with Crippen LogP contribution in [0.15, 0.2) is 66.7 Å². The second kappa shape index (κ2) is 9.73. The highest BCUT2D eigenvalue weighted by Crippen LogP contribution is 2.30. The second-order valence-corrected chi connectivity index (χ2v) is 8.07. The molecule has 1 fully saturated rings. The molecule has 3 amide bonds. The number of urea groups is 1. The number of alkyl halides is 3. The molecule has 4 rings (SSSR count). The highest BCUT2D eigenvalue weighted by Gasteiger charge is 2.31. The molecule has 10 heteroatoms. The molecule has 3 aromatic rings. The molecule has 0 atom stereocenters. The molecule has 5 nitrogen and oxygen atoms in total. The highest BCUT2D eigenvalue weighted by atomic mass is 19.4. The van der Waals surface area contributed by atoms with E-state index in [9.17, 15) is 31.5 Å². The van der Waals surface area contributed by atoms with E-state index >= 15 is 0 Å². The van der Waals surface area contributed by atoms with E-state index in [0.29, 0.717) is 36.4 Å². The zero-order valence-electron chi connectivity index (χ0n) is 18.3. The molecule has 1 N–H and O–H groups in total. The van der Waals surface area contributed by atoms with Crippen LogP contribution in [0.1, 0.15) is 27.9 Å². The van der Waals surface area contributed by atoms with Crippen LogP contribution < -0.4 is 10.2 Å². The summed E-state index contributed by atoms with van der Waals surface area (Å²) in [5.74, 6) is -2.19. The van der Waals surface area contributed by atoms with Gasteiger partial charge in [0.2, 0.25) is 0 Å². The van der Waals surface area contributed by atoms with E-state index in [1.165, 1.54) is 34.1 Å². The van der Waals surface area contributed by atoms with Gasteiger partial charge < -0.3 is 10.2 Å². The van der Waals surface area contributed by atoms with Gasteiger partial charge in [0, 0.05) is 42.6 Å². The third-order valence-electron chi connectivity index (χ3n) is 5.47. The Morgan fingerprint density at radius 2 is 1.63 bits per heavy atom. The summed E-state index contributed by atoms with van der Waals surface area (Å²) in [5.41, 5.74) is -0.0161. The molecular weight excluding hydrogens is 469 g/mol. The molecule has 0 bridgehead atoms. The Labute approximate surface area is 197 Å². The van der Waals surface area contributed by atoms with Crippen LogP contribution in [0, 0.1) is 11.6 Å². The molecular formula is C25H20F5N3O2. The fourth-order valence-electron chi connectivity index (χ4n) is 3.88. The number of carbonyl (C=O) groups excluding carboxylic acids is 2. The molecule has 3 aromatic carbocycles. The van der Waals surface area contributed by atoms with Crippen molar-refractivity contribution >= 4 is 23.3 Å². The van der Waals surface area contributed by atoms with Crippen molar-refractivity contribution in [1.29, 1.82) is 0 Å². The fourth-order valence-corrected chi connectivity index (χ4v) is 3.88. The van der Waals surface area contributed by atoms with Crippen LogP contribution in [0.5, 0.6) is 0 Å². The Morgan fingerprint density at radius 3 is 2.34 bits per heavy atom. The van der Waals surface area contributed by atoms with Gasteiger partial charge in [0.15, 0.2) is 0 Å². The molecule has 0 aliphatic carbocycles. The molecule has 1 saturated heterocycles. The zero-order valence-corrected chi connectivity index (χ0v) is 18.3. The highest BCUT2D eigenvalue weighted by molar-refractivity contribution is 6.05. The van der Waals surface area contributed by atoms with Crippen molar-refractivity contribution in [2.45, 2.75) is 19.1 Å². The van der Waals surface area contributed by atoms with Gasteiger partial charge in [0.25, 0.3) is 5.91 Å². The lowest BCUT2D eigenvalue weighted by atomic mass is 10.1. The van der Waals surface area contributed by atoms with E-state index in [2.05, 4.69) is 5.32 Å². The first-order chi connectivity index (χ1) is 16.6. The normalized spacial score (nSPS) is 14.3. The van der Waals surface area contributed by atoms with Crippen molar-refractivity contribution in [2.24, 2.45) is 0 Å². The minimum atomic E-state index is -4.58. The monoisotopic (exact) mass is 489 g/mol. The van der Waals surface area contributed by atoms with Gasteiger partial charge in [0.1, 0.15) is 11.6 Å². The summed E-state index contributed by atoms with van der Waals surface area (Å²) in [6.45, 7) is 0.813. The molecule has 0 aromatic heterocycles. The SMILES string of the molecule is O=C(Nc1cccc(N2CCCN(Cc3cc(F)cc(F)c3)C2=O)c1)c1cccc(C(F)(F)F)c1. The minimum absolute atomic E-state index is 0.0238. The molecule has 35 heavy (non-hydrogen) atoms. The number of amides is 3. The summed E-state index contributed by atoms with van der Waals surface area (Å²) in [5, 5.41) is 2.55. The van der Waals surface area contributed by atoms with Gasteiger partial charge in [0.05, 0.1) is 5.56 Å². The zero-order chi connectivity index (χ0) is 25.2. The van der Waals surface area contributed by atoms with Gasteiger partial charge in [-0.15, -0.1) is 0 Å². The Morgan fingerprint density at radius 1 is 0.914 bits per heavy atom. The third kappa shape index (κ3) is 5.76. The van der Waals surface area contributed by atoms with E-state index in [0.717, 1.165) is 24.3 Å². The Bertz CT molecular complexity index is 1240. The van der Waals surface area contributed by atoms with E-state index in [-0.39, 0.29) is 18.1 Å². The number of benzene rings is 3. The van der Waals surface area contributed by atoms with Crippen LogP contribution >= 0.6 is 0 Å². The average Bonchev–Trinajstić information content (AvgIpc) is 2.79. The van der Waals surface area contributed by atoms with Crippen LogP contribution in [0.2, 0.25) is 0 Å². The summed E-state index contributed by atoms with van der Waals surface area (Å²) in [6.07, 6.45) is -3.97. The van der Waals surface area contributed by atoms with Crippen molar-refractivity contribution in [3.05, 3.63) is 95.1 Å². The quantitative estimate of drug-likeness (QED) is 0.443. The summed E-state index contributed by atoms with van der Waals surface area (Å²) in [6, 6.07) is 13.1. The molecule has 182 valence electrons. The van der Waals surface area contributed by atoms with Crippen molar-refractivity contribution in [3.8, 4) is 0 Å². The fraction of sp³-hybridized carbons (Fsp3) is 0.200. The van der Waals surface area contributed by atoms with Crippen molar-refractivity contribution < 1.29 is 31.5 Å². The van der Waals surface area contributed by atoms with Crippen LogP contribution in [0.25, 0.3) is 0 Å². The Balaban J connectivity index is 1.49. The summed E-state index contributed by atoms with van der Waals surface area (Å²) < 4.78 is 65.9. The van der Waals surface area contributed by atoms with Crippen molar-refractivity contribution in [2.75, 3.05) is 23.3 Å². The topological polar surface area (TPSA) is 52.7 Å². The van der Waals surface area contributed by atoms with Crippen molar-refractivity contribution in [3.63, 3.8) is 0 Å². The second-order valence-electron chi connectivity index (χ2n) is 8.07. The van der Waals surface area contributed by atoms with Crippen LogP contribution in [0.4, 0.5) is 38.1 Å². The number of nitrogens with zero attached hydrogens (tertiary/aromatic N) is 2. The minimum Gasteiger partial charge on any atom is -0.322 e. The van der Waals surface area contributed by atoms with E-state index in [1.807, 2.05) is 0 Å². The van der Waals surface area contributed by atoms with Crippen molar-refractivity contribution in [1.82, 2.24) is 4.90 Å². The van der Waals surface area contributed by atoms with Gasteiger partial charge >= 0.3 is 12.2 Å². The summed E-state index contributed by atoms with van der Waals surface area (Å²) in [7, 11) is 0. The maximum absolute atomic E-state index is 13.5. The maximum atomic E-state index is 13.5. The molecule has 0 saturated carbocycles. The number of halogens is 5. The molecule has 0 unspecified atom stereocenters. The van der Waals surface area contributed by atoms with Gasteiger partial charge in [-0.05, 0) is 60.5 Å². The van der Waals surface area contributed by atoms with Gasteiger partial charge in [-0.3, -0.25) is 9.69 Å². The first-order valence-corrected chi connectivity index (χ1v) is 10.7. The van der Waals surface area contributed by atoms with E-state index in [1.54, 1.807) is 18.2 Å². The first kappa shape index (κ1) is 24.2. The van der Waals surface area contributed by atoms with Gasteiger partial charge in [-0.25, -0.2) is 13.6 Å². The standard InChI is InChI=1S/C25H20F5N3O2/c26-19-10-16(11-20(27)13-19)15-32-8-3-9-33(24(32)35)22-7-2-6-21(14-22)31-23(34)17-4-1-5-18(12-17)25(28,29)30/h1-2,4-7,10-14H,3,8-9,15H2,(H,31,34). The predicted octanol–water partition coefficient (Wildman–Crippen LogP) is 6.07. The Hall–Kier alpha value is -3.95. The smallest absolute Gasteiger partial charge is 0.322 e. The summed E-state index contributed by atoms with van der Waals surface area (Å²) in [4.78, 5) is 28.5. The lowest BCUT2D eigenvalue weighted by Crippen LogP contribution is -2.49. The molecule has 1 heterocycles. The Kier molecular flexibility index (Phi) is 6.72. The molecule has 0 radical (unpaired) electrons. The molecule has 1 aliphatic rings. The van der Waals surface area contributed by atoms with Gasteiger partial charge in [-0.1, -0.05) is 12.1 Å². The number of carbonyl (C=O) groups is 2. The lowest BCUT2D eigenvalue weighted by molar-refractivity contribution is -0.137. The lowest BCUT2D eigenvalue weighted by Gasteiger charge is -2.36. The maximum Gasteiger partial charge on any atom is 0.416 e.